The number of aliphatic imine (C=N–C) groups is 1. The number of carbonyl (C=O) groups excluding carboxylic acids is 1. The van der Waals surface area contributed by atoms with E-state index in [9.17, 15) is 31.3 Å². The first-order chi connectivity index (χ1) is 27.9. The molecule has 1 amide bonds. The summed E-state index contributed by atoms with van der Waals surface area (Å²) in [4.78, 5) is 15.4. The van der Waals surface area contributed by atoms with Gasteiger partial charge in [-0.15, -0.1) is 0 Å². The summed E-state index contributed by atoms with van der Waals surface area (Å²) < 4.78 is 61.1. The van der Waals surface area contributed by atoms with Crippen LogP contribution >= 0.6 is 0 Å². The summed E-state index contributed by atoms with van der Waals surface area (Å²) in [5, 5.41) is 14.2. The van der Waals surface area contributed by atoms with Gasteiger partial charge in [-0.2, -0.15) is 8.42 Å². The molecule has 0 aliphatic rings. The van der Waals surface area contributed by atoms with Crippen LogP contribution < -0.4 is 10.4 Å². The Bertz CT molecular complexity index is 1210. The Morgan fingerprint density at radius 1 is 0.525 bits per heavy atom. The topological polar surface area (TPSA) is 176 Å². The molecule has 0 saturated carbocycles. The van der Waals surface area contributed by atoms with Crippen LogP contribution in [-0.2, 0) is 25.0 Å². The Morgan fingerprint density at radius 3 is 1.25 bits per heavy atom. The molecule has 0 bridgehead atoms. The molecule has 0 aliphatic carbocycles. The van der Waals surface area contributed by atoms with Crippen molar-refractivity contribution in [3.05, 3.63) is 24.3 Å². The minimum atomic E-state index is -4.15. The summed E-state index contributed by atoms with van der Waals surface area (Å²) in [6, 6.07) is 0. The predicted octanol–water partition coefficient (Wildman–Crippen LogP) is 11.3. The van der Waals surface area contributed by atoms with Crippen LogP contribution in [0.3, 0.4) is 0 Å². The van der Waals surface area contributed by atoms with Crippen molar-refractivity contribution in [1.82, 2.24) is 5.32 Å². The van der Waals surface area contributed by atoms with Gasteiger partial charge in [0, 0.05) is 18.8 Å². The molecule has 0 spiro atoms. The third-order valence-electron chi connectivity index (χ3n) is 10.2. The van der Waals surface area contributed by atoms with Crippen molar-refractivity contribution < 1.29 is 35.8 Å². The van der Waals surface area contributed by atoms with Crippen molar-refractivity contribution in [1.29, 1.82) is 0 Å². The minimum absolute atomic E-state index is 0. The fraction of sp³-hybridized carbons (Fsp3) is 0.870. The van der Waals surface area contributed by atoms with E-state index >= 15 is 0 Å². The van der Waals surface area contributed by atoms with Gasteiger partial charge in [-0.3, -0.25) is 9.35 Å². The van der Waals surface area contributed by atoms with Gasteiger partial charge in [0.05, 0.1) is 15.9 Å². The number of amides is 1. The molecule has 0 unspecified atom stereocenters. The molecule has 0 aromatic rings. The van der Waals surface area contributed by atoms with Crippen molar-refractivity contribution in [3.8, 4) is 0 Å². The van der Waals surface area contributed by atoms with Gasteiger partial charge in [0.1, 0.15) is 0 Å². The van der Waals surface area contributed by atoms with Crippen LogP contribution in [0.1, 0.15) is 232 Å². The minimum Gasteiger partial charge on any atom is -0.859 e. The van der Waals surface area contributed by atoms with E-state index in [4.69, 9.17) is 4.55 Å². The number of hydrogen-bond acceptors (Lipinski definition) is 8. The van der Waals surface area contributed by atoms with E-state index in [0.717, 1.165) is 25.7 Å². The maximum Gasteiger partial charge on any atom is 2.00 e. The van der Waals surface area contributed by atoms with E-state index in [-0.39, 0.29) is 74.0 Å². The molecule has 0 atom stereocenters. The smallest absolute Gasteiger partial charge is 0.859 e. The molecule has 2 N–H and O–H groups in total. The molecular formula is C46H88CaN2O8S2. The van der Waals surface area contributed by atoms with Crippen molar-refractivity contribution in [2.75, 3.05) is 24.6 Å². The fourth-order valence-electron chi connectivity index (χ4n) is 6.60. The second kappa shape index (κ2) is 48.5. The first-order valence-corrected chi connectivity index (χ1v) is 26.8. The average Bonchev–Trinajstić information content (AvgIpc) is 3.16. The van der Waals surface area contributed by atoms with Crippen LogP contribution in [0.15, 0.2) is 29.3 Å². The van der Waals surface area contributed by atoms with Crippen molar-refractivity contribution in [2.45, 2.75) is 232 Å². The molecule has 0 aliphatic heterocycles. The standard InChI is InChI=1S/2C23H45NO4S.Ca/c2*1-2-3-4-5-6-7-8-9-10-11-12-13-14-15-16-17-20-23(25)24-21-18-19-22-29(26,27)28;/h2*17,20H,2-16,18-19,21-22H2,1H3,(H,24,25)(H,26,27,28);/q;;+2/p-2/b2*20-17+;. The monoisotopic (exact) mass is 901 g/mol. The SMILES string of the molecule is CCCCCCCCCCCCCCCC/C=C/C(=O)NCCCCS(=O)(=O)O.CCCCCCCCCCCCCCCC/C=C/C([O-])=NCCCCS(=O)(=O)[O-].[Ca+2]. The maximum atomic E-state index is 11.6. The van der Waals surface area contributed by atoms with Gasteiger partial charge in [-0.1, -0.05) is 199 Å². The van der Waals surface area contributed by atoms with Crippen LogP contribution in [0.2, 0.25) is 0 Å². The first-order valence-electron chi connectivity index (χ1n) is 23.6. The van der Waals surface area contributed by atoms with Gasteiger partial charge in [0.2, 0.25) is 5.91 Å². The summed E-state index contributed by atoms with van der Waals surface area (Å²) in [5.41, 5.74) is 0. The molecule has 10 nitrogen and oxygen atoms in total. The Morgan fingerprint density at radius 2 is 0.881 bits per heavy atom. The normalized spacial score (nSPS) is 12.2. The molecule has 0 radical (unpaired) electrons. The van der Waals surface area contributed by atoms with Crippen molar-refractivity contribution in [3.63, 3.8) is 0 Å². The quantitative estimate of drug-likeness (QED) is 0.0152. The molecule has 0 fully saturated rings. The van der Waals surface area contributed by atoms with E-state index in [2.05, 4.69) is 24.2 Å². The molecular weight excluding hydrogens is 813 g/mol. The summed E-state index contributed by atoms with van der Waals surface area (Å²) in [6.45, 7) is 5.23. The van der Waals surface area contributed by atoms with E-state index < -0.39 is 20.2 Å². The van der Waals surface area contributed by atoms with Gasteiger partial charge >= 0.3 is 37.7 Å². The van der Waals surface area contributed by atoms with E-state index in [1.54, 1.807) is 6.08 Å². The predicted molar refractivity (Wildman–Crippen MR) is 249 cm³/mol. The number of nitrogens with zero attached hydrogens (tertiary/aromatic N) is 1. The number of hydrogen-bond donors (Lipinski definition) is 2. The van der Waals surface area contributed by atoms with E-state index in [0.29, 0.717) is 25.8 Å². The molecule has 0 aromatic heterocycles. The third-order valence-corrected chi connectivity index (χ3v) is 11.8. The fourth-order valence-corrected chi connectivity index (χ4v) is 7.73. The van der Waals surface area contributed by atoms with E-state index in [1.165, 1.54) is 173 Å². The molecule has 59 heavy (non-hydrogen) atoms. The number of nitrogens with one attached hydrogen (secondary N) is 1. The second-order valence-corrected chi connectivity index (χ2v) is 19.1. The molecule has 0 aromatic carbocycles. The zero-order chi connectivity index (χ0) is 43.3. The molecule has 13 heteroatoms. The summed E-state index contributed by atoms with van der Waals surface area (Å²) >= 11 is 0. The Kier molecular flexibility index (Phi) is 51.6. The van der Waals surface area contributed by atoms with Crippen molar-refractivity contribution in [2.24, 2.45) is 4.99 Å². The number of allylic oxidation sites excluding steroid dienone is 2. The van der Waals surface area contributed by atoms with Crippen LogP contribution in [-0.4, -0.2) is 100 Å². The van der Waals surface area contributed by atoms with E-state index in [1.807, 2.05) is 12.2 Å². The summed E-state index contributed by atoms with van der Waals surface area (Å²) in [7, 11) is -8.04. The molecule has 344 valence electrons. The van der Waals surface area contributed by atoms with Crippen LogP contribution in [0.5, 0.6) is 0 Å². The first kappa shape index (κ1) is 62.8. The largest absolute Gasteiger partial charge is 2.00 e. The molecule has 0 saturated heterocycles. The third kappa shape index (κ3) is 61.9. The maximum absolute atomic E-state index is 11.6. The van der Waals surface area contributed by atoms with Gasteiger partial charge in [-0.05, 0) is 63.3 Å². The molecule has 0 heterocycles. The second-order valence-electron chi connectivity index (χ2n) is 16.0. The number of unbranched alkanes of at least 4 members (excludes halogenated alkanes) is 30. The van der Waals surface area contributed by atoms with Gasteiger partial charge in [-0.25, -0.2) is 8.42 Å². The average molecular weight is 901 g/mol. The Balaban J connectivity index is -0.00000105. The zero-order valence-electron chi connectivity index (χ0n) is 38.0. The number of rotatable bonds is 42. The Labute approximate surface area is 394 Å². The summed E-state index contributed by atoms with van der Waals surface area (Å²) in [6.07, 6.45) is 47.8. The van der Waals surface area contributed by atoms with Crippen LogP contribution in [0.25, 0.3) is 0 Å². The molecule has 0 rings (SSSR count). The van der Waals surface area contributed by atoms with Gasteiger partial charge < -0.3 is 20.0 Å². The van der Waals surface area contributed by atoms with Gasteiger partial charge in [0.25, 0.3) is 10.1 Å². The zero-order valence-corrected chi connectivity index (χ0v) is 41.8. The van der Waals surface area contributed by atoms with Crippen molar-refractivity contribution >= 4 is 69.8 Å². The Hall–Kier alpha value is -0.500. The van der Waals surface area contributed by atoms with Crippen LogP contribution in [0.4, 0.5) is 0 Å². The summed E-state index contributed by atoms with van der Waals surface area (Å²) in [5.74, 6) is -1.05. The van der Waals surface area contributed by atoms with Crippen LogP contribution in [0, 0.1) is 0 Å². The van der Waals surface area contributed by atoms with Gasteiger partial charge in [0.15, 0.2) is 0 Å². The number of carbonyl (C=O) groups is 1.